The number of rotatable bonds is 8. The van der Waals surface area contributed by atoms with Crippen LogP contribution in [-0.2, 0) is 9.84 Å². The van der Waals surface area contributed by atoms with Crippen LogP contribution in [0, 0.1) is 0 Å². The molecule has 0 amide bonds. The number of hydrogen-bond acceptors (Lipinski definition) is 4. The third-order valence-corrected chi connectivity index (χ3v) is 5.86. The van der Waals surface area contributed by atoms with Crippen LogP contribution >= 0.6 is 51.7 Å². The molecule has 0 heterocycles. The fraction of sp³-hybridized carbons (Fsp3) is 0.562. The van der Waals surface area contributed by atoms with Crippen LogP contribution in [0.5, 0.6) is 0 Å². The Morgan fingerprint density at radius 1 is 1.28 bits per heavy atom. The molecule has 1 aromatic rings. The number of hydrogen-bond donors (Lipinski definition) is 2. The SMILES string of the molecule is CN=C(NCC(C)Sc1ccc(Br)cc1)NC(C)CCS(C)(=O)=O.I. The van der Waals surface area contributed by atoms with Crippen molar-refractivity contribution in [3.8, 4) is 0 Å². The van der Waals surface area contributed by atoms with Gasteiger partial charge in [0, 0.05) is 40.5 Å². The summed E-state index contributed by atoms with van der Waals surface area (Å²) in [5.41, 5.74) is 0. The van der Waals surface area contributed by atoms with Crippen molar-refractivity contribution in [2.45, 2.75) is 36.5 Å². The van der Waals surface area contributed by atoms with Crippen molar-refractivity contribution in [1.29, 1.82) is 0 Å². The number of halogens is 2. The molecule has 1 aromatic carbocycles. The van der Waals surface area contributed by atoms with Gasteiger partial charge in [-0.2, -0.15) is 0 Å². The highest BCUT2D eigenvalue weighted by atomic mass is 127. The topological polar surface area (TPSA) is 70.6 Å². The second kappa shape index (κ2) is 12.4. The first-order valence-corrected chi connectivity index (χ1v) is 11.5. The monoisotopic (exact) mass is 563 g/mol. The number of aliphatic imine (C=N–C) groups is 1. The molecule has 1 rings (SSSR count). The summed E-state index contributed by atoms with van der Waals surface area (Å²) in [6.45, 7) is 4.87. The molecule has 2 atom stereocenters. The zero-order chi connectivity index (χ0) is 18.2. The van der Waals surface area contributed by atoms with Crippen molar-refractivity contribution >= 4 is 67.5 Å². The molecule has 0 aliphatic heterocycles. The summed E-state index contributed by atoms with van der Waals surface area (Å²) >= 11 is 5.23. The molecule has 25 heavy (non-hydrogen) atoms. The summed E-state index contributed by atoms with van der Waals surface area (Å²) in [5, 5.41) is 6.88. The Morgan fingerprint density at radius 2 is 1.88 bits per heavy atom. The first-order valence-electron chi connectivity index (χ1n) is 7.76. The molecule has 9 heteroatoms. The lowest BCUT2D eigenvalue weighted by Gasteiger charge is -2.19. The van der Waals surface area contributed by atoms with Crippen molar-refractivity contribution in [2.75, 3.05) is 25.6 Å². The van der Waals surface area contributed by atoms with Crippen LogP contribution in [0.1, 0.15) is 20.3 Å². The number of thioether (sulfide) groups is 1. The van der Waals surface area contributed by atoms with Gasteiger partial charge in [-0.3, -0.25) is 4.99 Å². The largest absolute Gasteiger partial charge is 0.355 e. The van der Waals surface area contributed by atoms with Crippen LogP contribution in [0.3, 0.4) is 0 Å². The minimum absolute atomic E-state index is 0. The lowest BCUT2D eigenvalue weighted by Crippen LogP contribution is -2.44. The fourth-order valence-corrected chi connectivity index (χ4v) is 3.89. The van der Waals surface area contributed by atoms with Gasteiger partial charge in [-0.15, -0.1) is 35.7 Å². The average molecular weight is 564 g/mol. The van der Waals surface area contributed by atoms with Gasteiger partial charge in [-0.1, -0.05) is 22.9 Å². The Bertz CT molecular complexity index is 639. The minimum Gasteiger partial charge on any atom is -0.355 e. The fourth-order valence-electron chi connectivity index (χ4n) is 1.92. The van der Waals surface area contributed by atoms with Crippen LogP contribution in [0.25, 0.3) is 0 Å². The number of sulfone groups is 1. The van der Waals surface area contributed by atoms with Crippen LogP contribution in [0.2, 0.25) is 0 Å². The molecular formula is C16H27BrIN3O2S2. The molecule has 0 saturated carbocycles. The van der Waals surface area contributed by atoms with Crippen molar-refractivity contribution in [3.63, 3.8) is 0 Å². The summed E-state index contributed by atoms with van der Waals surface area (Å²) in [4.78, 5) is 5.41. The highest BCUT2D eigenvalue weighted by Crippen LogP contribution is 2.24. The quantitative estimate of drug-likeness (QED) is 0.219. The molecule has 0 aromatic heterocycles. The maximum Gasteiger partial charge on any atom is 0.191 e. The number of nitrogens with zero attached hydrogens (tertiary/aromatic N) is 1. The normalized spacial score (nSPS) is 14.4. The molecule has 0 bridgehead atoms. The van der Waals surface area contributed by atoms with E-state index in [4.69, 9.17) is 0 Å². The van der Waals surface area contributed by atoms with Crippen molar-refractivity contribution in [1.82, 2.24) is 10.6 Å². The maximum atomic E-state index is 11.2. The molecule has 2 N–H and O–H groups in total. The predicted molar refractivity (Wildman–Crippen MR) is 123 cm³/mol. The zero-order valence-electron chi connectivity index (χ0n) is 15.0. The van der Waals surface area contributed by atoms with Crippen LogP contribution in [-0.4, -0.2) is 51.3 Å². The highest BCUT2D eigenvalue weighted by molar-refractivity contribution is 14.0. The van der Waals surface area contributed by atoms with E-state index in [0.29, 0.717) is 17.6 Å². The first kappa shape index (κ1) is 25.0. The Kier molecular flexibility index (Phi) is 12.4. The molecule has 0 fully saturated rings. The van der Waals surface area contributed by atoms with Crippen LogP contribution < -0.4 is 10.6 Å². The van der Waals surface area contributed by atoms with E-state index in [9.17, 15) is 8.42 Å². The second-order valence-corrected chi connectivity index (χ2v) is 10.5. The van der Waals surface area contributed by atoms with E-state index in [1.165, 1.54) is 11.2 Å². The molecule has 0 saturated heterocycles. The Morgan fingerprint density at radius 3 is 2.40 bits per heavy atom. The van der Waals surface area contributed by atoms with Gasteiger partial charge in [0.05, 0.1) is 5.75 Å². The van der Waals surface area contributed by atoms with Gasteiger partial charge in [-0.25, -0.2) is 8.42 Å². The van der Waals surface area contributed by atoms with E-state index in [0.717, 1.165) is 11.0 Å². The van der Waals surface area contributed by atoms with E-state index in [-0.39, 0.29) is 35.8 Å². The van der Waals surface area contributed by atoms with Gasteiger partial charge in [-0.05, 0) is 37.6 Å². The zero-order valence-corrected chi connectivity index (χ0v) is 20.5. The molecule has 5 nitrogen and oxygen atoms in total. The molecule has 2 unspecified atom stereocenters. The Balaban J connectivity index is 0.00000576. The maximum absolute atomic E-state index is 11.2. The van der Waals surface area contributed by atoms with E-state index >= 15 is 0 Å². The molecule has 0 spiro atoms. The van der Waals surface area contributed by atoms with Gasteiger partial charge >= 0.3 is 0 Å². The second-order valence-electron chi connectivity index (χ2n) is 5.80. The van der Waals surface area contributed by atoms with Gasteiger partial charge < -0.3 is 10.6 Å². The average Bonchev–Trinajstić information content (AvgIpc) is 2.51. The van der Waals surface area contributed by atoms with Crippen LogP contribution in [0.4, 0.5) is 0 Å². The summed E-state index contributed by atoms with van der Waals surface area (Å²) in [7, 11) is -1.22. The standard InChI is InChI=1S/C16H26BrN3O2S2.HI/c1-12(9-10-24(4,21)22)20-16(18-3)19-11-13(2)23-15-7-5-14(17)6-8-15;/h5-8,12-13H,9-11H2,1-4H3,(H2,18,19,20);1H. The number of benzene rings is 1. The van der Waals surface area contributed by atoms with Gasteiger partial charge in [0.1, 0.15) is 9.84 Å². The van der Waals surface area contributed by atoms with Gasteiger partial charge in [0.2, 0.25) is 0 Å². The number of nitrogens with one attached hydrogen (secondary N) is 2. The summed E-state index contributed by atoms with van der Waals surface area (Å²) in [5.74, 6) is 0.868. The highest BCUT2D eigenvalue weighted by Gasteiger charge is 2.11. The van der Waals surface area contributed by atoms with Crippen molar-refractivity contribution < 1.29 is 8.42 Å². The van der Waals surface area contributed by atoms with Crippen molar-refractivity contribution in [2.24, 2.45) is 4.99 Å². The minimum atomic E-state index is -2.93. The predicted octanol–water partition coefficient (Wildman–Crippen LogP) is 3.54. The summed E-state index contributed by atoms with van der Waals surface area (Å²) < 4.78 is 23.5. The van der Waals surface area contributed by atoms with Crippen LogP contribution in [0.15, 0.2) is 38.6 Å². The summed E-state index contributed by atoms with van der Waals surface area (Å²) in [6, 6.07) is 8.29. The van der Waals surface area contributed by atoms with E-state index in [1.807, 2.05) is 19.1 Å². The van der Waals surface area contributed by atoms with Gasteiger partial charge in [0.25, 0.3) is 0 Å². The molecule has 144 valence electrons. The third kappa shape index (κ3) is 12.1. The third-order valence-electron chi connectivity index (χ3n) is 3.24. The Hall–Kier alpha value is -0.000000000000000222. The number of guanidine groups is 1. The molecule has 0 aliphatic rings. The van der Waals surface area contributed by atoms with E-state index in [1.54, 1.807) is 18.8 Å². The van der Waals surface area contributed by atoms with Gasteiger partial charge in [0.15, 0.2) is 5.96 Å². The lowest BCUT2D eigenvalue weighted by molar-refractivity contribution is 0.581. The smallest absolute Gasteiger partial charge is 0.191 e. The molecular weight excluding hydrogens is 537 g/mol. The lowest BCUT2D eigenvalue weighted by atomic mass is 10.3. The van der Waals surface area contributed by atoms with Crippen molar-refractivity contribution in [3.05, 3.63) is 28.7 Å². The van der Waals surface area contributed by atoms with E-state index < -0.39 is 9.84 Å². The molecule has 0 aliphatic carbocycles. The molecule has 0 radical (unpaired) electrons. The first-order chi connectivity index (χ1) is 11.2. The Labute approximate surface area is 181 Å². The summed E-state index contributed by atoms with van der Waals surface area (Å²) in [6.07, 6.45) is 1.82. The van der Waals surface area contributed by atoms with E-state index in [2.05, 4.69) is 50.6 Å².